The van der Waals surface area contributed by atoms with Crippen molar-refractivity contribution in [2.24, 2.45) is 5.73 Å². The molecule has 1 aromatic rings. The van der Waals surface area contributed by atoms with Crippen molar-refractivity contribution in [3.8, 4) is 0 Å². The van der Waals surface area contributed by atoms with Crippen molar-refractivity contribution in [1.82, 2.24) is 4.98 Å². The van der Waals surface area contributed by atoms with Gasteiger partial charge in [0, 0.05) is 24.8 Å². The summed E-state index contributed by atoms with van der Waals surface area (Å²) in [6.45, 7) is 6.09. The van der Waals surface area contributed by atoms with Gasteiger partial charge >= 0.3 is 0 Å². The Balaban J connectivity index is 2.22. The smallest absolute Gasteiger partial charge is 0.114 e. The third kappa shape index (κ3) is 1.73. The van der Waals surface area contributed by atoms with Crippen molar-refractivity contribution in [3.63, 3.8) is 0 Å². The lowest BCUT2D eigenvalue weighted by molar-refractivity contribution is 0.525. The van der Waals surface area contributed by atoms with Crippen LogP contribution in [0.3, 0.4) is 0 Å². The zero-order valence-electron chi connectivity index (χ0n) is 8.75. The van der Waals surface area contributed by atoms with Gasteiger partial charge in [0.05, 0.1) is 5.69 Å². The summed E-state index contributed by atoms with van der Waals surface area (Å²) in [7, 11) is 0. The summed E-state index contributed by atoms with van der Waals surface area (Å²) in [5.41, 5.74) is 8.34. The molecule has 0 bridgehead atoms. The Morgan fingerprint density at radius 3 is 3.00 bits per heavy atom. The first-order chi connectivity index (χ1) is 6.58. The van der Waals surface area contributed by atoms with Crippen LogP contribution < -0.4 is 10.6 Å². The van der Waals surface area contributed by atoms with Gasteiger partial charge in [-0.1, -0.05) is 0 Å². The largest absolute Gasteiger partial charge is 0.368 e. The van der Waals surface area contributed by atoms with Gasteiger partial charge in [-0.15, -0.1) is 0 Å². The number of aromatic nitrogens is 1. The molecule has 0 aromatic carbocycles. The Labute approximate surface area is 84.9 Å². The number of anilines is 1. The van der Waals surface area contributed by atoms with E-state index in [1.165, 1.54) is 5.56 Å². The molecule has 1 saturated heterocycles. The lowest BCUT2D eigenvalue weighted by Crippen LogP contribution is -2.39. The Bertz CT molecular complexity index is 333. The third-order valence-corrected chi connectivity index (χ3v) is 2.76. The van der Waals surface area contributed by atoms with Crippen LogP contribution in [0.5, 0.6) is 0 Å². The summed E-state index contributed by atoms with van der Waals surface area (Å²) in [5.74, 6) is 0. The highest BCUT2D eigenvalue weighted by Gasteiger charge is 2.30. The van der Waals surface area contributed by atoms with E-state index >= 15 is 0 Å². The van der Waals surface area contributed by atoms with Crippen LogP contribution in [0.4, 0.5) is 5.69 Å². The zero-order valence-corrected chi connectivity index (χ0v) is 8.75. The first-order valence-corrected chi connectivity index (χ1v) is 4.96. The van der Waals surface area contributed by atoms with E-state index < -0.39 is 0 Å². The van der Waals surface area contributed by atoms with Gasteiger partial charge in [-0.25, -0.2) is 0 Å². The summed E-state index contributed by atoms with van der Waals surface area (Å²) < 4.78 is 0. The monoisotopic (exact) mass is 190 g/mol. The van der Waals surface area contributed by atoms with Crippen molar-refractivity contribution in [3.05, 3.63) is 24.0 Å². The fraction of sp³-hybridized carbons (Fsp3) is 0.545. The van der Waals surface area contributed by atoms with Gasteiger partial charge in [-0.3, -0.25) is 4.98 Å². The molecule has 0 aliphatic carbocycles. The highest BCUT2D eigenvalue weighted by atomic mass is 15.2. The number of rotatable bonds is 1. The maximum Gasteiger partial charge on any atom is 0.114 e. The SMILES string of the molecule is Cc1ccn[c]c1N1CCC(C)(N)C1. The second kappa shape index (κ2) is 3.24. The fourth-order valence-corrected chi connectivity index (χ4v) is 1.91. The molecule has 1 atom stereocenters. The predicted octanol–water partition coefficient (Wildman–Crippen LogP) is 1.12. The quantitative estimate of drug-likeness (QED) is 0.721. The summed E-state index contributed by atoms with van der Waals surface area (Å²) in [6.07, 6.45) is 5.85. The fourth-order valence-electron chi connectivity index (χ4n) is 1.91. The highest BCUT2D eigenvalue weighted by molar-refractivity contribution is 5.51. The van der Waals surface area contributed by atoms with E-state index in [4.69, 9.17) is 5.73 Å². The standard InChI is InChI=1S/C11H16N3/c1-9-3-5-13-7-10(9)14-6-4-11(2,12)8-14/h3,5H,4,6,8,12H2,1-2H3. The number of aryl methyl sites for hydroxylation is 1. The molecule has 1 fully saturated rings. The maximum atomic E-state index is 6.08. The minimum atomic E-state index is -0.0594. The highest BCUT2D eigenvalue weighted by Crippen LogP contribution is 2.26. The molecule has 2 rings (SSSR count). The molecule has 1 radical (unpaired) electrons. The summed E-state index contributed by atoms with van der Waals surface area (Å²) in [4.78, 5) is 6.30. The van der Waals surface area contributed by atoms with Gasteiger partial charge in [0.2, 0.25) is 0 Å². The lowest BCUT2D eigenvalue weighted by Gasteiger charge is -2.22. The van der Waals surface area contributed by atoms with E-state index in [1.807, 2.05) is 6.07 Å². The van der Waals surface area contributed by atoms with Gasteiger partial charge in [-0.2, -0.15) is 0 Å². The van der Waals surface area contributed by atoms with Gasteiger partial charge in [0.15, 0.2) is 0 Å². The minimum absolute atomic E-state index is 0.0594. The normalized spacial score (nSPS) is 26.9. The number of nitrogens with two attached hydrogens (primary N) is 1. The first-order valence-electron chi connectivity index (χ1n) is 4.96. The van der Waals surface area contributed by atoms with E-state index in [0.717, 1.165) is 25.2 Å². The molecule has 0 spiro atoms. The van der Waals surface area contributed by atoms with Crippen LogP contribution in [-0.2, 0) is 0 Å². The van der Waals surface area contributed by atoms with E-state index in [2.05, 4.69) is 29.9 Å². The van der Waals surface area contributed by atoms with E-state index in [9.17, 15) is 0 Å². The predicted molar refractivity (Wildman–Crippen MR) is 57.2 cm³/mol. The van der Waals surface area contributed by atoms with Crippen molar-refractivity contribution in [2.45, 2.75) is 25.8 Å². The molecule has 1 unspecified atom stereocenters. The van der Waals surface area contributed by atoms with Crippen LogP contribution in [0.25, 0.3) is 0 Å². The lowest BCUT2D eigenvalue weighted by atomic mass is 10.0. The molecular formula is C11H16N3. The molecule has 75 valence electrons. The first kappa shape index (κ1) is 9.46. The van der Waals surface area contributed by atoms with Crippen LogP contribution in [0.15, 0.2) is 12.3 Å². The van der Waals surface area contributed by atoms with Crippen molar-refractivity contribution in [1.29, 1.82) is 0 Å². The Hall–Kier alpha value is -1.09. The van der Waals surface area contributed by atoms with Crippen molar-refractivity contribution < 1.29 is 0 Å². The van der Waals surface area contributed by atoms with Crippen molar-refractivity contribution >= 4 is 5.69 Å². The van der Waals surface area contributed by atoms with Crippen molar-refractivity contribution in [2.75, 3.05) is 18.0 Å². The minimum Gasteiger partial charge on any atom is -0.368 e. The molecule has 0 saturated carbocycles. The second-order valence-corrected chi connectivity index (χ2v) is 4.41. The summed E-state index contributed by atoms with van der Waals surface area (Å²) in [5, 5.41) is 0. The molecule has 3 heteroatoms. The van der Waals surface area contributed by atoms with E-state index in [0.29, 0.717) is 0 Å². The third-order valence-electron chi connectivity index (χ3n) is 2.76. The molecule has 2 heterocycles. The van der Waals surface area contributed by atoms with Crippen LogP contribution >= 0.6 is 0 Å². The molecule has 1 aliphatic rings. The Morgan fingerprint density at radius 2 is 2.43 bits per heavy atom. The topological polar surface area (TPSA) is 42.2 Å². The summed E-state index contributed by atoms with van der Waals surface area (Å²) in [6, 6.07) is 2.01. The molecule has 14 heavy (non-hydrogen) atoms. The number of hydrogen-bond donors (Lipinski definition) is 1. The molecule has 1 aliphatic heterocycles. The van der Waals surface area contributed by atoms with E-state index in [1.54, 1.807) is 6.20 Å². The van der Waals surface area contributed by atoms with E-state index in [-0.39, 0.29) is 5.54 Å². The Kier molecular flexibility index (Phi) is 2.19. The number of pyridine rings is 1. The Morgan fingerprint density at radius 1 is 1.64 bits per heavy atom. The molecule has 2 N–H and O–H groups in total. The molecule has 1 aromatic heterocycles. The van der Waals surface area contributed by atoms with Crippen LogP contribution in [0.1, 0.15) is 18.9 Å². The van der Waals surface area contributed by atoms with Gasteiger partial charge in [-0.05, 0) is 31.9 Å². The van der Waals surface area contributed by atoms with Crippen LogP contribution in [0, 0.1) is 13.1 Å². The average molecular weight is 190 g/mol. The molecule has 0 amide bonds. The zero-order chi connectivity index (χ0) is 10.2. The van der Waals surface area contributed by atoms with Gasteiger partial charge < -0.3 is 10.6 Å². The average Bonchev–Trinajstić information content (AvgIpc) is 2.47. The summed E-state index contributed by atoms with van der Waals surface area (Å²) >= 11 is 0. The number of nitrogens with zero attached hydrogens (tertiary/aromatic N) is 2. The molecule has 3 nitrogen and oxygen atoms in total. The second-order valence-electron chi connectivity index (χ2n) is 4.41. The maximum absolute atomic E-state index is 6.08. The van der Waals surface area contributed by atoms with Gasteiger partial charge in [0.25, 0.3) is 0 Å². The van der Waals surface area contributed by atoms with Gasteiger partial charge in [0.1, 0.15) is 6.20 Å². The number of hydrogen-bond acceptors (Lipinski definition) is 3. The van der Waals surface area contributed by atoms with Crippen LogP contribution in [0.2, 0.25) is 0 Å². The van der Waals surface area contributed by atoms with Crippen LogP contribution in [-0.4, -0.2) is 23.6 Å². The molecular weight excluding hydrogens is 174 g/mol.